The van der Waals surface area contributed by atoms with Crippen molar-refractivity contribution in [2.45, 2.75) is 13.0 Å². The Morgan fingerprint density at radius 1 is 1.30 bits per heavy atom. The van der Waals surface area contributed by atoms with Crippen LogP contribution in [0.4, 0.5) is 10.5 Å². The zero-order chi connectivity index (χ0) is 15.7. The zero-order valence-electron chi connectivity index (χ0n) is 12.8. The summed E-state index contributed by atoms with van der Waals surface area (Å²) in [4.78, 5) is 27.9. The van der Waals surface area contributed by atoms with Crippen molar-refractivity contribution in [1.29, 1.82) is 0 Å². The van der Waals surface area contributed by atoms with Crippen LogP contribution in [0, 0.1) is 0 Å². The Kier molecular flexibility index (Phi) is 5.73. The molecule has 1 atom stereocenters. The van der Waals surface area contributed by atoms with E-state index in [2.05, 4.69) is 10.6 Å². The fourth-order valence-corrected chi connectivity index (χ4v) is 3.08. The normalized spacial score (nSPS) is 21.0. The van der Waals surface area contributed by atoms with E-state index in [1.54, 1.807) is 23.1 Å². The molecule has 2 aliphatic heterocycles. The molecular weight excluding hydrogens is 339 g/mol. The fourth-order valence-electron chi connectivity index (χ4n) is 2.86. The monoisotopic (exact) mass is 358 g/mol. The second-order valence-electron chi connectivity index (χ2n) is 5.60. The third-order valence-corrected chi connectivity index (χ3v) is 4.42. The molecule has 2 saturated heterocycles. The van der Waals surface area contributed by atoms with E-state index in [1.165, 1.54) is 0 Å². The van der Waals surface area contributed by atoms with Crippen LogP contribution < -0.4 is 15.5 Å². The maximum atomic E-state index is 12.7. The van der Waals surface area contributed by atoms with Crippen molar-refractivity contribution in [2.75, 3.05) is 37.6 Å². The largest absolute Gasteiger partial charge is 0.336 e. The number of amides is 3. The Labute approximate surface area is 146 Å². The van der Waals surface area contributed by atoms with E-state index in [0.29, 0.717) is 35.9 Å². The number of hydrogen-bond donors (Lipinski definition) is 2. The highest BCUT2D eigenvalue weighted by Crippen LogP contribution is 2.29. The van der Waals surface area contributed by atoms with Gasteiger partial charge >= 0.3 is 6.03 Å². The van der Waals surface area contributed by atoms with Gasteiger partial charge in [-0.1, -0.05) is 11.6 Å². The first kappa shape index (κ1) is 17.8. The molecular formula is C15H20Cl2N4O2. The number of carbonyl (C=O) groups excluding carboxylic acids is 2. The number of nitrogens with one attached hydrogen (secondary N) is 2. The summed E-state index contributed by atoms with van der Waals surface area (Å²) in [7, 11) is 0. The van der Waals surface area contributed by atoms with Gasteiger partial charge in [0.2, 0.25) is 0 Å². The molecule has 3 amide bonds. The number of anilines is 1. The van der Waals surface area contributed by atoms with E-state index in [1.807, 2.05) is 11.8 Å². The highest BCUT2D eigenvalue weighted by atomic mass is 35.5. The maximum absolute atomic E-state index is 12.7. The first-order valence-electron chi connectivity index (χ1n) is 7.44. The van der Waals surface area contributed by atoms with Crippen LogP contribution in [0.15, 0.2) is 18.2 Å². The lowest BCUT2D eigenvalue weighted by Gasteiger charge is -2.34. The lowest BCUT2D eigenvalue weighted by molar-refractivity contribution is 0.0656. The second-order valence-corrected chi connectivity index (χ2v) is 6.01. The van der Waals surface area contributed by atoms with Crippen molar-refractivity contribution < 1.29 is 9.59 Å². The van der Waals surface area contributed by atoms with Crippen LogP contribution in [0.25, 0.3) is 0 Å². The van der Waals surface area contributed by atoms with Gasteiger partial charge in [0, 0.05) is 44.3 Å². The molecule has 0 aliphatic carbocycles. The van der Waals surface area contributed by atoms with E-state index >= 15 is 0 Å². The van der Waals surface area contributed by atoms with E-state index in [0.717, 1.165) is 13.1 Å². The van der Waals surface area contributed by atoms with Crippen LogP contribution in [0.3, 0.4) is 0 Å². The topological polar surface area (TPSA) is 64.7 Å². The van der Waals surface area contributed by atoms with Gasteiger partial charge < -0.3 is 15.5 Å². The minimum Gasteiger partial charge on any atom is -0.336 e. The Morgan fingerprint density at radius 3 is 2.74 bits per heavy atom. The molecule has 0 bridgehead atoms. The highest BCUT2D eigenvalue weighted by Gasteiger charge is 2.27. The van der Waals surface area contributed by atoms with Gasteiger partial charge in [0.25, 0.3) is 5.91 Å². The second kappa shape index (κ2) is 7.38. The minimum absolute atomic E-state index is 0. The molecule has 1 aromatic rings. The van der Waals surface area contributed by atoms with Crippen LogP contribution in [0.5, 0.6) is 0 Å². The number of halogens is 2. The van der Waals surface area contributed by atoms with E-state index in [-0.39, 0.29) is 30.4 Å². The van der Waals surface area contributed by atoms with Gasteiger partial charge in [0.05, 0.1) is 10.7 Å². The van der Waals surface area contributed by atoms with Gasteiger partial charge in [-0.15, -0.1) is 12.4 Å². The number of carbonyl (C=O) groups is 2. The molecule has 2 aliphatic rings. The molecule has 6 nitrogen and oxygen atoms in total. The highest BCUT2D eigenvalue weighted by molar-refractivity contribution is 6.34. The molecule has 2 heterocycles. The number of rotatable bonds is 2. The Morgan fingerprint density at radius 2 is 2.09 bits per heavy atom. The van der Waals surface area contributed by atoms with Crippen LogP contribution in [0.2, 0.25) is 5.02 Å². The molecule has 3 rings (SSSR count). The van der Waals surface area contributed by atoms with Crippen molar-refractivity contribution in [3.63, 3.8) is 0 Å². The molecule has 0 spiro atoms. The Hall–Kier alpha value is -1.50. The lowest BCUT2D eigenvalue weighted by Crippen LogP contribution is -2.52. The quantitative estimate of drug-likeness (QED) is 0.845. The van der Waals surface area contributed by atoms with Crippen LogP contribution in [0.1, 0.15) is 17.3 Å². The number of nitrogens with zero attached hydrogens (tertiary/aromatic N) is 2. The predicted octanol–water partition coefficient (Wildman–Crippen LogP) is 1.73. The molecule has 8 heteroatoms. The van der Waals surface area contributed by atoms with E-state index in [4.69, 9.17) is 11.6 Å². The van der Waals surface area contributed by atoms with Crippen molar-refractivity contribution >= 4 is 41.6 Å². The molecule has 0 radical (unpaired) electrons. The molecule has 1 aromatic carbocycles. The van der Waals surface area contributed by atoms with Gasteiger partial charge in [0.1, 0.15) is 0 Å². The average Bonchev–Trinajstić information content (AvgIpc) is 2.93. The summed E-state index contributed by atoms with van der Waals surface area (Å²) in [5, 5.41) is 6.48. The van der Waals surface area contributed by atoms with Gasteiger partial charge in [-0.05, 0) is 25.1 Å². The number of piperazine rings is 1. The maximum Gasteiger partial charge on any atom is 0.322 e. The summed E-state index contributed by atoms with van der Waals surface area (Å²) in [5.74, 6) is -0.0217. The fraction of sp³-hybridized carbons (Fsp3) is 0.467. The number of benzene rings is 1. The van der Waals surface area contributed by atoms with Crippen LogP contribution in [-0.2, 0) is 0 Å². The molecule has 2 fully saturated rings. The first-order valence-corrected chi connectivity index (χ1v) is 7.82. The van der Waals surface area contributed by atoms with Gasteiger partial charge in [-0.2, -0.15) is 0 Å². The summed E-state index contributed by atoms with van der Waals surface area (Å²) in [6.45, 7) is 5.44. The summed E-state index contributed by atoms with van der Waals surface area (Å²) in [5.41, 5.74) is 1.15. The van der Waals surface area contributed by atoms with E-state index < -0.39 is 0 Å². The standard InChI is InChI=1S/C15H19ClN4O2.ClH/c1-10-9-17-4-6-19(10)14(21)11-2-3-12(16)13(8-11)20-7-5-18-15(20)22;/h2-3,8,10,17H,4-7,9H2,1H3,(H,18,22);1H. The van der Waals surface area contributed by atoms with Crippen LogP contribution >= 0.6 is 24.0 Å². The summed E-state index contributed by atoms with van der Waals surface area (Å²) in [6.07, 6.45) is 0. The number of urea groups is 1. The minimum atomic E-state index is -0.179. The van der Waals surface area contributed by atoms with E-state index in [9.17, 15) is 9.59 Å². The molecule has 23 heavy (non-hydrogen) atoms. The third kappa shape index (κ3) is 3.54. The average molecular weight is 359 g/mol. The SMILES string of the molecule is CC1CNCCN1C(=O)c1ccc(Cl)c(N2CCNC2=O)c1.Cl. The van der Waals surface area contributed by atoms with Gasteiger partial charge in [-0.25, -0.2) is 4.79 Å². The predicted molar refractivity (Wildman–Crippen MR) is 92.8 cm³/mol. The Bertz CT molecular complexity index is 611. The van der Waals surface area contributed by atoms with Crippen molar-refractivity contribution in [3.8, 4) is 0 Å². The summed E-state index contributed by atoms with van der Waals surface area (Å²) >= 11 is 6.20. The smallest absolute Gasteiger partial charge is 0.322 e. The molecule has 0 aromatic heterocycles. The van der Waals surface area contributed by atoms with Crippen LogP contribution in [-0.4, -0.2) is 55.6 Å². The van der Waals surface area contributed by atoms with Crippen molar-refractivity contribution in [1.82, 2.24) is 15.5 Å². The molecule has 2 N–H and O–H groups in total. The van der Waals surface area contributed by atoms with Crippen molar-refractivity contribution in [3.05, 3.63) is 28.8 Å². The third-order valence-electron chi connectivity index (χ3n) is 4.10. The number of hydrogen-bond acceptors (Lipinski definition) is 3. The summed E-state index contributed by atoms with van der Waals surface area (Å²) in [6, 6.07) is 5.08. The van der Waals surface area contributed by atoms with Gasteiger partial charge in [0.15, 0.2) is 0 Å². The van der Waals surface area contributed by atoms with Gasteiger partial charge in [-0.3, -0.25) is 9.69 Å². The molecule has 126 valence electrons. The molecule has 1 unspecified atom stereocenters. The zero-order valence-corrected chi connectivity index (χ0v) is 14.4. The Balaban J connectivity index is 0.00000192. The first-order chi connectivity index (χ1) is 10.6. The lowest BCUT2D eigenvalue weighted by atomic mass is 10.1. The molecule has 0 saturated carbocycles. The van der Waals surface area contributed by atoms with Crippen molar-refractivity contribution in [2.24, 2.45) is 0 Å². The summed E-state index contributed by atoms with van der Waals surface area (Å²) < 4.78 is 0.